The van der Waals surface area contributed by atoms with Crippen molar-refractivity contribution in [3.05, 3.63) is 99.9 Å². The Morgan fingerprint density at radius 3 is 2.62 bits per heavy atom. The molecule has 0 saturated carbocycles. The Balaban J connectivity index is 2.23. The zero-order valence-electron chi connectivity index (χ0n) is 15.6. The summed E-state index contributed by atoms with van der Waals surface area (Å²) in [4.78, 5) is 2.21. The predicted molar refractivity (Wildman–Crippen MR) is 114 cm³/mol. The standard InChI is InChI=1S/C23H25NOS/c1-6-7-18(13-26)22-11-19-8-14(2)15(3)9-20(19)23-10-16(4)21(17(5)25)12-24(22)23/h6-10,12-13,22,25-26H,4-5,11H2,1-3H3/b7-6-,18-13+. The van der Waals surface area contributed by atoms with Crippen molar-refractivity contribution < 1.29 is 5.11 Å². The number of nitrogens with zero attached hydrogens (tertiary/aromatic N) is 1. The molecule has 1 unspecified atom stereocenters. The number of aryl methyl sites for hydroxylation is 2. The molecular formula is C23H25NOS. The number of hydrogen-bond acceptors (Lipinski definition) is 3. The summed E-state index contributed by atoms with van der Waals surface area (Å²) in [5.74, 6) is 0.0392. The van der Waals surface area contributed by atoms with Crippen molar-refractivity contribution in [2.75, 3.05) is 0 Å². The molecule has 2 nitrogen and oxygen atoms in total. The van der Waals surface area contributed by atoms with E-state index >= 15 is 0 Å². The number of rotatable bonds is 3. The van der Waals surface area contributed by atoms with E-state index in [0.29, 0.717) is 5.57 Å². The van der Waals surface area contributed by atoms with Crippen LogP contribution in [0.3, 0.4) is 0 Å². The second kappa shape index (κ2) is 7.08. The summed E-state index contributed by atoms with van der Waals surface area (Å²) < 4.78 is 0. The van der Waals surface area contributed by atoms with E-state index in [9.17, 15) is 5.11 Å². The van der Waals surface area contributed by atoms with Gasteiger partial charge in [-0.3, -0.25) is 0 Å². The Kier molecular flexibility index (Phi) is 5.01. The van der Waals surface area contributed by atoms with Gasteiger partial charge in [-0.05, 0) is 72.6 Å². The van der Waals surface area contributed by atoms with E-state index in [1.807, 2.05) is 30.7 Å². The number of hydrogen-bond donors (Lipinski definition) is 2. The molecule has 26 heavy (non-hydrogen) atoms. The summed E-state index contributed by atoms with van der Waals surface area (Å²) in [6.45, 7) is 14.1. The summed E-state index contributed by atoms with van der Waals surface area (Å²) in [7, 11) is 0. The van der Waals surface area contributed by atoms with Crippen molar-refractivity contribution in [1.29, 1.82) is 0 Å². The highest BCUT2D eigenvalue weighted by Gasteiger charge is 2.33. The van der Waals surface area contributed by atoms with Crippen LogP contribution in [0.25, 0.3) is 5.70 Å². The summed E-state index contributed by atoms with van der Waals surface area (Å²) >= 11 is 4.44. The van der Waals surface area contributed by atoms with Gasteiger partial charge >= 0.3 is 0 Å². The third kappa shape index (κ3) is 3.08. The van der Waals surface area contributed by atoms with Crippen molar-refractivity contribution in [2.24, 2.45) is 0 Å². The first-order valence-electron chi connectivity index (χ1n) is 8.74. The first kappa shape index (κ1) is 18.4. The van der Waals surface area contributed by atoms with Gasteiger partial charge in [0.25, 0.3) is 0 Å². The van der Waals surface area contributed by atoms with Crippen molar-refractivity contribution in [2.45, 2.75) is 33.2 Å². The van der Waals surface area contributed by atoms with Crippen LogP contribution in [0.5, 0.6) is 0 Å². The van der Waals surface area contributed by atoms with E-state index in [2.05, 4.69) is 62.7 Å². The van der Waals surface area contributed by atoms with Gasteiger partial charge in [-0.15, -0.1) is 0 Å². The molecule has 1 atom stereocenters. The summed E-state index contributed by atoms with van der Waals surface area (Å²) in [6.07, 6.45) is 9.00. The van der Waals surface area contributed by atoms with Crippen LogP contribution >= 0.6 is 12.6 Å². The fourth-order valence-corrected chi connectivity index (χ4v) is 3.90. The molecule has 2 aliphatic rings. The second-order valence-corrected chi connectivity index (χ2v) is 7.15. The molecule has 0 aliphatic carbocycles. The zero-order valence-corrected chi connectivity index (χ0v) is 16.5. The SMILES string of the molecule is C=C(O)C1=CN2C(=CC1=C)c1cc(C)c(C)cc1CC2C(/C=C\C)=C/S. The lowest BCUT2D eigenvalue weighted by molar-refractivity contribution is 0.396. The zero-order chi connectivity index (χ0) is 19.0. The highest BCUT2D eigenvalue weighted by molar-refractivity contribution is 7.83. The smallest absolute Gasteiger partial charge is 0.117 e. The van der Waals surface area contributed by atoms with Crippen molar-refractivity contribution in [1.82, 2.24) is 4.90 Å². The first-order chi connectivity index (χ1) is 12.4. The van der Waals surface area contributed by atoms with Gasteiger partial charge in [-0.1, -0.05) is 31.4 Å². The number of benzene rings is 1. The minimum Gasteiger partial charge on any atom is -0.508 e. The number of aliphatic hydroxyl groups excluding tert-OH is 1. The summed E-state index contributed by atoms with van der Waals surface area (Å²) in [5, 5.41) is 11.8. The van der Waals surface area contributed by atoms with Crippen LogP contribution in [0.2, 0.25) is 0 Å². The number of aliphatic hydroxyl groups is 1. The maximum absolute atomic E-state index is 9.98. The van der Waals surface area contributed by atoms with Crippen LogP contribution in [0.1, 0.15) is 29.2 Å². The third-order valence-electron chi connectivity index (χ3n) is 5.15. The van der Waals surface area contributed by atoms with E-state index in [0.717, 1.165) is 23.3 Å². The quantitative estimate of drug-likeness (QED) is 0.403. The Labute approximate surface area is 161 Å². The number of allylic oxidation sites excluding steroid dienone is 3. The van der Waals surface area contributed by atoms with Crippen molar-refractivity contribution in [3.63, 3.8) is 0 Å². The molecule has 0 saturated heterocycles. The molecule has 1 aromatic carbocycles. The van der Waals surface area contributed by atoms with Crippen molar-refractivity contribution >= 4 is 18.3 Å². The summed E-state index contributed by atoms with van der Waals surface area (Å²) in [6, 6.07) is 4.64. The van der Waals surface area contributed by atoms with Gasteiger partial charge in [-0.2, -0.15) is 12.6 Å². The van der Waals surface area contributed by atoms with E-state index in [4.69, 9.17) is 0 Å². The lowest BCUT2D eigenvalue weighted by Gasteiger charge is -2.42. The van der Waals surface area contributed by atoms with Gasteiger partial charge in [-0.25, -0.2) is 0 Å². The topological polar surface area (TPSA) is 23.5 Å². The monoisotopic (exact) mass is 363 g/mol. The fourth-order valence-electron chi connectivity index (χ4n) is 3.64. The maximum Gasteiger partial charge on any atom is 0.117 e. The Morgan fingerprint density at radius 1 is 1.31 bits per heavy atom. The predicted octanol–water partition coefficient (Wildman–Crippen LogP) is 5.79. The molecule has 3 heteroatoms. The molecule has 3 rings (SSSR count). The fraction of sp³-hybridized carbons (Fsp3) is 0.217. The Bertz CT molecular complexity index is 914. The third-order valence-corrected chi connectivity index (χ3v) is 5.45. The van der Waals surface area contributed by atoms with Gasteiger partial charge in [0.15, 0.2) is 0 Å². The molecule has 0 radical (unpaired) electrons. The maximum atomic E-state index is 9.98. The highest BCUT2D eigenvalue weighted by Crippen LogP contribution is 2.41. The van der Waals surface area contributed by atoms with Gasteiger partial charge in [0.05, 0.1) is 6.04 Å². The minimum absolute atomic E-state index is 0.0392. The lowest BCUT2D eigenvalue weighted by Crippen LogP contribution is -2.38. The molecule has 0 bridgehead atoms. The average molecular weight is 364 g/mol. The number of thiol groups is 1. The van der Waals surface area contributed by atoms with Crippen LogP contribution < -0.4 is 0 Å². The van der Waals surface area contributed by atoms with E-state index < -0.39 is 0 Å². The molecule has 1 N–H and O–H groups in total. The number of fused-ring (bicyclic) bond motifs is 3. The Hall–Kier alpha value is -2.39. The van der Waals surface area contributed by atoms with Gasteiger partial charge in [0.1, 0.15) is 5.76 Å². The molecule has 0 spiro atoms. The molecule has 2 aliphatic heterocycles. The van der Waals surface area contributed by atoms with E-state index in [1.165, 1.54) is 22.3 Å². The molecule has 0 fully saturated rings. The molecular weight excluding hydrogens is 338 g/mol. The second-order valence-electron chi connectivity index (χ2n) is 6.89. The van der Waals surface area contributed by atoms with Crippen LogP contribution in [-0.4, -0.2) is 16.0 Å². The van der Waals surface area contributed by atoms with E-state index in [-0.39, 0.29) is 11.8 Å². The van der Waals surface area contributed by atoms with E-state index in [1.54, 1.807) is 0 Å². The first-order valence-corrected chi connectivity index (χ1v) is 9.25. The van der Waals surface area contributed by atoms with Gasteiger partial charge in [0, 0.05) is 23.0 Å². The molecule has 134 valence electrons. The minimum atomic E-state index is 0.0392. The van der Waals surface area contributed by atoms with Crippen LogP contribution in [-0.2, 0) is 6.42 Å². The van der Waals surface area contributed by atoms with Crippen LogP contribution in [0, 0.1) is 13.8 Å². The van der Waals surface area contributed by atoms with Gasteiger partial charge < -0.3 is 10.0 Å². The molecule has 2 heterocycles. The van der Waals surface area contributed by atoms with Crippen molar-refractivity contribution in [3.8, 4) is 0 Å². The van der Waals surface area contributed by atoms with Crippen LogP contribution in [0.15, 0.2) is 77.6 Å². The molecule has 1 aromatic rings. The highest BCUT2D eigenvalue weighted by atomic mass is 32.1. The Morgan fingerprint density at radius 2 is 2.00 bits per heavy atom. The summed E-state index contributed by atoms with van der Waals surface area (Å²) in [5.41, 5.74) is 8.79. The molecule has 0 amide bonds. The lowest BCUT2D eigenvalue weighted by atomic mass is 9.83. The van der Waals surface area contributed by atoms with Gasteiger partial charge in [0.2, 0.25) is 0 Å². The normalized spacial score (nSPS) is 19.8. The average Bonchev–Trinajstić information content (AvgIpc) is 2.60. The molecule has 0 aromatic heterocycles. The van der Waals surface area contributed by atoms with Crippen LogP contribution in [0.4, 0.5) is 0 Å². The largest absolute Gasteiger partial charge is 0.508 e.